The van der Waals surface area contributed by atoms with Gasteiger partial charge in [-0.05, 0) is 67.1 Å². The highest BCUT2D eigenvalue weighted by Crippen LogP contribution is 2.62. The van der Waals surface area contributed by atoms with Crippen molar-refractivity contribution in [2.24, 2.45) is 0 Å². The van der Waals surface area contributed by atoms with Crippen molar-refractivity contribution in [1.29, 1.82) is 0 Å². The van der Waals surface area contributed by atoms with Gasteiger partial charge in [0.1, 0.15) is 46.0 Å². The Labute approximate surface area is 243 Å². The number of rotatable bonds is 2. The van der Waals surface area contributed by atoms with Crippen LogP contribution >= 0.6 is 0 Å². The first-order chi connectivity index (χ1) is 20.6. The van der Waals surface area contributed by atoms with E-state index in [1.165, 1.54) is 36.4 Å². The van der Waals surface area contributed by atoms with Crippen molar-refractivity contribution in [2.45, 2.75) is 12.7 Å². The molecule has 0 bridgehead atoms. The summed E-state index contributed by atoms with van der Waals surface area (Å²) in [7, 11) is 0. The monoisotopic (exact) mass is 574 g/mol. The molecule has 212 valence electrons. The van der Waals surface area contributed by atoms with Gasteiger partial charge in [-0.25, -0.2) is 0 Å². The van der Waals surface area contributed by atoms with Crippen molar-refractivity contribution < 1.29 is 44.5 Å². The highest BCUT2D eigenvalue weighted by Gasteiger charge is 2.53. The van der Waals surface area contributed by atoms with Crippen molar-refractivity contribution >= 4 is 11.0 Å². The number of benzene rings is 5. The van der Waals surface area contributed by atoms with Gasteiger partial charge in [-0.3, -0.25) is 0 Å². The third kappa shape index (κ3) is 3.33. The Morgan fingerprint density at radius 3 is 2.19 bits per heavy atom. The van der Waals surface area contributed by atoms with E-state index in [1.54, 1.807) is 43.3 Å². The molecule has 0 amide bonds. The summed E-state index contributed by atoms with van der Waals surface area (Å²) in [5.41, 5.74) is 3.25. The lowest BCUT2D eigenvalue weighted by molar-refractivity contribution is -0.0894. The van der Waals surface area contributed by atoms with Gasteiger partial charge in [0.15, 0.2) is 11.3 Å². The van der Waals surface area contributed by atoms with Crippen LogP contribution in [-0.4, -0.2) is 30.6 Å². The molecule has 6 aromatic rings. The summed E-state index contributed by atoms with van der Waals surface area (Å²) in [5, 5.41) is 65.4. The standard InChI is InChI=1S/C34H22O9/c1-15-9-21-29-25(39)10-17(26-11-16-3-2-4-23(37)33(16)41-26)12-28(29)43-34(22-8-6-18(35)13-24(22)38)31(21)30(32(15)40)20-7-5-19(36)14-27(20)42-34/h2-14,35-40H,1H3/t34-/m0/s1. The second-order valence-electron chi connectivity index (χ2n) is 10.7. The van der Waals surface area contributed by atoms with E-state index in [1.807, 2.05) is 0 Å². The minimum absolute atomic E-state index is 0.0294. The Bertz CT molecular complexity index is 2180. The molecule has 9 heteroatoms. The quantitative estimate of drug-likeness (QED) is 0.129. The number of phenolic OH excluding ortho intramolecular Hbond substituents is 6. The van der Waals surface area contributed by atoms with Crippen LogP contribution in [0.2, 0.25) is 0 Å². The van der Waals surface area contributed by atoms with E-state index in [-0.39, 0.29) is 57.1 Å². The first-order valence-electron chi connectivity index (χ1n) is 13.3. The summed E-state index contributed by atoms with van der Waals surface area (Å²) in [4.78, 5) is 0. The molecule has 1 atom stereocenters. The van der Waals surface area contributed by atoms with Crippen LogP contribution < -0.4 is 9.47 Å². The first-order valence-corrected chi connectivity index (χ1v) is 13.3. The van der Waals surface area contributed by atoms with Crippen LogP contribution in [0.15, 0.2) is 83.3 Å². The fourth-order valence-corrected chi connectivity index (χ4v) is 6.17. The van der Waals surface area contributed by atoms with Gasteiger partial charge < -0.3 is 44.5 Å². The van der Waals surface area contributed by atoms with Crippen molar-refractivity contribution in [3.8, 4) is 79.6 Å². The molecule has 0 saturated heterocycles. The maximum Gasteiger partial charge on any atom is 0.310 e. The molecule has 3 heterocycles. The SMILES string of the molecule is Cc1cc2c3c(c1O)-c1ccc(O)cc1O[C@@]3(c1ccc(O)cc1O)Oc1cc(-c3cc4cccc(O)c4o3)cc(O)c1-2. The van der Waals surface area contributed by atoms with E-state index in [9.17, 15) is 30.6 Å². The molecular formula is C34H22O9. The van der Waals surface area contributed by atoms with Crippen LogP contribution in [0, 0.1) is 6.92 Å². The number of ether oxygens (including phenoxy) is 2. The topological polar surface area (TPSA) is 153 Å². The fourth-order valence-electron chi connectivity index (χ4n) is 6.17. The van der Waals surface area contributed by atoms with Crippen LogP contribution in [-0.2, 0) is 5.79 Å². The minimum atomic E-state index is -1.93. The molecule has 2 aliphatic rings. The molecule has 8 rings (SSSR count). The van der Waals surface area contributed by atoms with Crippen molar-refractivity contribution in [2.75, 3.05) is 0 Å². The summed E-state index contributed by atoms with van der Waals surface area (Å²) in [6.45, 7) is 1.72. The minimum Gasteiger partial charge on any atom is -0.508 e. The zero-order chi connectivity index (χ0) is 29.8. The molecule has 0 fully saturated rings. The van der Waals surface area contributed by atoms with E-state index < -0.39 is 5.79 Å². The third-order valence-corrected chi connectivity index (χ3v) is 8.06. The number of phenols is 6. The van der Waals surface area contributed by atoms with E-state index in [2.05, 4.69) is 0 Å². The van der Waals surface area contributed by atoms with Gasteiger partial charge in [-0.15, -0.1) is 0 Å². The predicted molar refractivity (Wildman–Crippen MR) is 156 cm³/mol. The summed E-state index contributed by atoms with van der Waals surface area (Å²) in [6.07, 6.45) is 0. The summed E-state index contributed by atoms with van der Waals surface area (Å²) in [6, 6.07) is 20.0. The number of hydrogen-bond acceptors (Lipinski definition) is 9. The highest BCUT2D eigenvalue weighted by atomic mass is 16.7. The zero-order valence-electron chi connectivity index (χ0n) is 22.4. The van der Waals surface area contributed by atoms with Crippen molar-refractivity contribution in [1.82, 2.24) is 0 Å². The average Bonchev–Trinajstić information content (AvgIpc) is 3.40. The normalized spacial score (nSPS) is 16.1. The Hall–Kier alpha value is -5.96. The molecule has 2 aliphatic heterocycles. The summed E-state index contributed by atoms with van der Waals surface area (Å²) < 4.78 is 19.1. The van der Waals surface area contributed by atoms with Crippen LogP contribution in [0.5, 0.6) is 46.0 Å². The van der Waals surface area contributed by atoms with Gasteiger partial charge in [-0.2, -0.15) is 0 Å². The fraction of sp³-hybridized carbons (Fsp3) is 0.0588. The summed E-state index contributed by atoms with van der Waals surface area (Å²) in [5.74, 6) is -2.12. The molecule has 5 aromatic carbocycles. The number of aryl methyl sites for hydroxylation is 1. The Kier molecular flexibility index (Phi) is 4.78. The Morgan fingerprint density at radius 1 is 0.628 bits per heavy atom. The van der Waals surface area contributed by atoms with E-state index in [0.29, 0.717) is 50.1 Å². The molecular weight excluding hydrogens is 552 g/mol. The highest BCUT2D eigenvalue weighted by molar-refractivity contribution is 5.95. The van der Waals surface area contributed by atoms with Gasteiger partial charge >= 0.3 is 5.79 Å². The molecule has 0 unspecified atom stereocenters. The van der Waals surface area contributed by atoms with E-state index >= 15 is 0 Å². The van der Waals surface area contributed by atoms with Gasteiger partial charge in [-0.1, -0.05) is 12.1 Å². The van der Waals surface area contributed by atoms with Crippen LogP contribution in [0.3, 0.4) is 0 Å². The van der Waals surface area contributed by atoms with E-state index in [0.717, 1.165) is 6.07 Å². The lowest BCUT2D eigenvalue weighted by Gasteiger charge is -2.44. The first kappa shape index (κ1) is 24.8. The maximum absolute atomic E-state index is 11.5. The molecule has 0 spiro atoms. The molecule has 6 N–H and O–H groups in total. The largest absolute Gasteiger partial charge is 0.508 e. The van der Waals surface area contributed by atoms with E-state index in [4.69, 9.17) is 13.9 Å². The number of aromatic hydroxyl groups is 6. The molecule has 0 aliphatic carbocycles. The lowest BCUT2D eigenvalue weighted by Crippen LogP contribution is -2.45. The Balaban J connectivity index is 1.46. The molecule has 1 aromatic heterocycles. The van der Waals surface area contributed by atoms with Crippen LogP contribution in [0.1, 0.15) is 16.7 Å². The number of para-hydroxylation sites is 1. The Morgan fingerprint density at radius 2 is 1.40 bits per heavy atom. The number of furan rings is 1. The molecule has 9 nitrogen and oxygen atoms in total. The lowest BCUT2D eigenvalue weighted by atomic mass is 9.78. The average molecular weight is 575 g/mol. The summed E-state index contributed by atoms with van der Waals surface area (Å²) >= 11 is 0. The van der Waals surface area contributed by atoms with Gasteiger partial charge in [0, 0.05) is 39.8 Å². The molecule has 0 saturated carbocycles. The third-order valence-electron chi connectivity index (χ3n) is 8.06. The molecule has 43 heavy (non-hydrogen) atoms. The van der Waals surface area contributed by atoms with Gasteiger partial charge in [0.05, 0.1) is 16.7 Å². The number of hydrogen-bond donors (Lipinski definition) is 6. The smallest absolute Gasteiger partial charge is 0.310 e. The zero-order valence-corrected chi connectivity index (χ0v) is 22.4. The van der Waals surface area contributed by atoms with Gasteiger partial charge in [0.25, 0.3) is 0 Å². The van der Waals surface area contributed by atoms with Crippen molar-refractivity contribution in [3.05, 3.63) is 95.6 Å². The van der Waals surface area contributed by atoms with Crippen molar-refractivity contribution in [3.63, 3.8) is 0 Å². The second kappa shape index (κ2) is 8.29. The van der Waals surface area contributed by atoms with Crippen LogP contribution in [0.25, 0.3) is 44.5 Å². The number of fused-ring (bicyclic) bond motifs is 5. The predicted octanol–water partition coefficient (Wildman–Crippen LogP) is 6.96. The van der Waals surface area contributed by atoms with Gasteiger partial charge in [0.2, 0.25) is 0 Å². The maximum atomic E-state index is 11.5. The molecule has 0 radical (unpaired) electrons. The second-order valence-corrected chi connectivity index (χ2v) is 10.7. The van der Waals surface area contributed by atoms with Crippen LogP contribution in [0.4, 0.5) is 0 Å².